The molecule has 4 nitrogen and oxygen atoms in total. The molecule has 1 fully saturated rings. The topological polar surface area (TPSA) is 62.1 Å². The van der Waals surface area contributed by atoms with E-state index in [-0.39, 0.29) is 18.2 Å². The third-order valence-corrected chi connectivity index (χ3v) is 5.97. The molecule has 0 saturated heterocycles. The lowest BCUT2D eigenvalue weighted by Crippen LogP contribution is -2.21. The van der Waals surface area contributed by atoms with Gasteiger partial charge in [-0.15, -0.1) is 13.2 Å². The molecule has 1 aliphatic rings. The molecule has 0 unspecified atom stereocenters. The van der Waals surface area contributed by atoms with E-state index < -0.39 is 6.36 Å². The summed E-state index contributed by atoms with van der Waals surface area (Å²) in [5.74, 6) is 0.0178. The van der Waals surface area contributed by atoms with Gasteiger partial charge in [0.05, 0.1) is 11.6 Å². The summed E-state index contributed by atoms with van der Waals surface area (Å²) < 4.78 is 41.4. The van der Waals surface area contributed by atoms with Crippen molar-refractivity contribution in [1.29, 1.82) is 5.26 Å². The van der Waals surface area contributed by atoms with E-state index in [9.17, 15) is 23.2 Å². The van der Waals surface area contributed by atoms with Gasteiger partial charge in [0, 0.05) is 6.54 Å². The number of ether oxygens (including phenoxy) is 1. The zero-order valence-corrected chi connectivity index (χ0v) is 17.9. The number of halogens is 3. The van der Waals surface area contributed by atoms with Crippen LogP contribution in [-0.2, 0) is 17.8 Å². The molecule has 2 aromatic carbocycles. The average molecular weight is 442 g/mol. The van der Waals surface area contributed by atoms with E-state index >= 15 is 0 Å². The summed E-state index contributed by atoms with van der Waals surface area (Å²) in [6, 6.07) is 9.80. The van der Waals surface area contributed by atoms with Gasteiger partial charge in [-0.1, -0.05) is 38.0 Å². The molecule has 0 aromatic heterocycles. The van der Waals surface area contributed by atoms with Crippen LogP contribution in [0.25, 0.3) is 11.1 Å². The molecule has 1 amide bonds. The number of hydrogen-bond donors (Lipinski definition) is 1. The average Bonchev–Trinajstić information content (AvgIpc) is 2.71. The van der Waals surface area contributed by atoms with E-state index in [0.29, 0.717) is 22.6 Å². The van der Waals surface area contributed by atoms with E-state index in [0.717, 1.165) is 35.6 Å². The molecule has 7 heteroatoms. The molecule has 0 heterocycles. The van der Waals surface area contributed by atoms with Gasteiger partial charge in [-0.05, 0) is 77.8 Å². The van der Waals surface area contributed by atoms with Crippen molar-refractivity contribution >= 4 is 5.91 Å². The fourth-order valence-corrected chi connectivity index (χ4v) is 4.01. The molecule has 0 aliphatic heterocycles. The summed E-state index contributed by atoms with van der Waals surface area (Å²) in [5, 5.41) is 12.6. The predicted molar refractivity (Wildman–Crippen MR) is 116 cm³/mol. The minimum absolute atomic E-state index is 0.159. The summed E-state index contributed by atoms with van der Waals surface area (Å²) in [6.45, 7) is 5.53. The van der Waals surface area contributed by atoms with Crippen molar-refractivity contribution in [1.82, 2.24) is 5.32 Å². The molecule has 3 rings (SSSR count). The smallest absolute Gasteiger partial charge is 0.406 e. The highest BCUT2D eigenvalue weighted by atomic mass is 19.4. The maximum absolute atomic E-state index is 12.5. The molecule has 1 aliphatic carbocycles. The Balaban J connectivity index is 2.00. The molecule has 0 radical (unpaired) electrons. The Bertz CT molecular complexity index is 1030. The van der Waals surface area contributed by atoms with Gasteiger partial charge in [0.25, 0.3) is 0 Å². The highest BCUT2D eigenvalue weighted by molar-refractivity contribution is 5.87. The van der Waals surface area contributed by atoms with E-state index in [4.69, 9.17) is 0 Å². The number of rotatable bonds is 8. The first-order valence-electron chi connectivity index (χ1n) is 10.5. The standard InChI is InChI=1S/C25H25F3N2O2/c1-3-24(31)30-15-19-13-22(18-8-10-20(11-9-18)32-25(26,27)28)16(2)21(23(19)14-29)12-7-17-5-4-6-17/h3,8-11,13,17H,1,4-7,12,15H2,2H3,(H,30,31). The Morgan fingerprint density at radius 3 is 2.53 bits per heavy atom. The van der Waals surface area contributed by atoms with Crippen LogP contribution in [0.3, 0.4) is 0 Å². The summed E-state index contributed by atoms with van der Waals surface area (Å²) in [4.78, 5) is 11.7. The molecule has 32 heavy (non-hydrogen) atoms. The first-order chi connectivity index (χ1) is 15.2. The maximum atomic E-state index is 12.5. The van der Waals surface area contributed by atoms with Gasteiger partial charge in [0.1, 0.15) is 5.75 Å². The first kappa shape index (κ1) is 23.4. The van der Waals surface area contributed by atoms with Crippen LogP contribution in [0.2, 0.25) is 0 Å². The second kappa shape index (κ2) is 9.90. The fourth-order valence-electron chi connectivity index (χ4n) is 4.01. The van der Waals surface area contributed by atoms with Crippen molar-refractivity contribution in [2.24, 2.45) is 5.92 Å². The van der Waals surface area contributed by atoms with Crippen LogP contribution in [0, 0.1) is 24.2 Å². The van der Waals surface area contributed by atoms with Crippen molar-refractivity contribution in [3.05, 3.63) is 65.2 Å². The highest BCUT2D eigenvalue weighted by Gasteiger charge is 2.31. The fraction of sp³-hybridized carbons (Fsp3) is 0.360. The molecule has 0 bridgehead atoms. The Morgan fingerprint density at radius 2 is 2.00 bits per heavy atom. The number of carbonyl (C=O) groups is 1. The van der Waals surface area contributed by atoms with Gasteiger partial charge in [0.2, 0.25) is 5.91 Å². The van der Waals surface area contributed by atoms with E-state index in [2.05, 4.69) is 22.7 Å². The van der Waals surface area contributed by atoms with Crippen LogP contribution >= 0.6 is 0 Å². The molecule has 168 valence electrons. The molecule has 0 atom stereocenters. The Kier molecular flexibility index (Phi) is 7.24. The lowest BCUT2D eigenvalue weighted by molar-refractivity contribution is -0.274. The normalized spacial score (nSPS) is 13.7. The zero-order chi connectivity index (χ0) is 23.3. The summed E-state index contributed by atoms with van der Waals surface area (Å²) in [6.07, 6.45) is 1.77. The minimum atomic E-state index is -4.75. The Hall–Kier alpha value is -3.27. The van der Waals surface area contributed by atoms with Crippen molar-refractivity contribution in [2.75, 3.05) is 0 Å². The number of nitrogens with one attached hydrogen (secondary N) is 1. The van der Waals surface area contributed by atoms with Gasteiger partial charge in [-0.2, -0.15) is 5.26 Å². The third-order valence-electron chi connectivity index (χ3n) is 5.97. The van der Waals surface area contributed by atoms with Crippen molar-refractivity contribution in [3.63, 3.8) is 0 Å². The van der Waals surface area contributed by atoms with E-state index in [1.807, 2.05) is 13.0 Å². The summed E-state index contributed by atoms with van der Waals surface area (Å²) in [5.41, 5.74) is 4.59. The SMILES string of the molecule is C=CC(=O)NCc1cc(-c2ccc(OC(F)(F)F)cc2)c(C)c(CCC2CCC2)c1C#N. The van der Waals surface area contributed by atoms with Crippen LogP contribution in [-0.4, -0.2) is 12.3 Å². The van der Waals surface area contributed by atoms with Crippen LogP contribution in [0.15, 0.2) is 43.0 Å². The van der Waals surface area contributed by atoms with Crippen molar-refractivity contribution in [2.45, 2.75) is 51.9 Å². The van der Waals surface area contributed by atoms with Crippen molar-refractivity contribution < 1.29 is 22.7 Å². The molecular weight excluding hydrogens is 417 g/mol. The van der Waals surface area contributed by atoms with Crippen LogP contribution in [0.1, 0.15) is 47.9 Å². The van der Waals surface area contributed by atoms with Crippen LogP contribution in [0.4, 0.5) is 13.2 Å². The Morgan fingerprint density at radius 1 is 1.31 bits per heavy atom. The minimum Gasteiger partial charge on any atom is -0.406 e. The second-order valence-electron chi connectivity index (χ2n) is 8.00. The predicted octanol–water partition coefficient (Wildman–Crippen LogP) is 5.97. The number of hydrogen-bond acceptors (Lipinski definition) is 3. The monoisotopic (exact) mass is 442 g/mol. The lowest BCUT2D eigenvalue weighted by atomic mass is 9.79. The molecule has 2 aromatic rings. The molecule has 1 N–H and O–H groups in total. The number of alkyl halides is 3. The number of amides is 1. The maximum Gasteiger partial charge on any atom is 0.573 e. The van der Waals surface area contributed by atoms with Crippen LogP contribution in [0.5, 0.6) is 5.75 Å². The lowest BCUT2D eigenvalue weighted by Gasteiger charge is -2.26. The Labute approximate surface area is 185 Å². The largest absolute Gasteiger partial charge is 0.573 e. The van der Waals surface area contributed by atoms with Gasteiger partial charge in [0.15, 0.2) is 0 Å². The molecular formula is C25H25F3N2O2. The summed E-state index contributed by atoms with van der Waals surface area (Å²) >= 11 is 0. The second-order valence-corrected chi connectivity index (χ2v) is 8.00. The molecule has 1 saturated carbocycles. The highest BCUT2D eigenvalue weighted by Crippen LogP contribution is 2.36. The van der Waals surface area contributed by atoms with Crippen LogP contribution < -0.4 is 10.1 Å². The quantitative estimate of drug-likeness (QED) is 0.513. The third kappa shape index (κ3) is 5.70. The number of benzene rings is 2. The first-order valence-corrected chi connectivity index (χ1v) is 10.5. The van der Waals surface area contributed by atoms with Gasteiger partial charge in [-0.25, -0.2) is 0 Å². The number of nitrogens with zero attached hydrogens (tertiary/aromatic N) is 1. The van der Waals surface area contributed by atoms with E-state index in [1.165, 1.54) is 31.4 Å². The molecule has 0 spiro atoms. The summed E-state index contributed by atoms with van der Waals surface area (Å²) in [7, 11) is 0. The van der Waals surface area contributed by atoms with Gasteiger partial charge >= 0.3 is 6.36 Å². The van der Waals surface area contributed by atoms with E-state index in [1.54, 1.807) is 12.1 Å². The van der Waals surface area contributed by atoms with Crippen molar-refractivity contribution in [3.8, 4) is 22.9 Å². The number of nitriles is 1. The van der Waals surface area contributed by atoms with Gasteiger partial charge in [-0.3, -0.25) is 4.79 Å². The van der Waals surface area contributed by atoms with Gasteiger partial charge < -0.3 is 10.1 Å². The zero-order valence-electron chi connectivity index (χ0n) is 17.9. The number of carbonyl (C=O) groups excluding carboxylic acids is 1.